The van der Waals surface area contributed by atoms with Gasteiger partial charge in [0.1, 0.15) is 11.5 Å². The maximum Gasteiger partial charge on any atom is 0.260 e. The van der Waals surface area contributed by atoms with Crippen LogP contribution in [0.5, 0.6) is 11.5 Å². The lowest BCUT2D eigenvalue weighted by Crippen LogP contribution is -2.52. The number of benzene rings is 1. The van der Waals surface area contributed by atoms with Crippen LogP contribution in [0.25, 0.3) is 0 Å². The summed E-state index contributed by atoms with van der Waals surface area (Å²) in [7, 11) is 1.62. The van der Waals surface area contributed by atoms with Gasteiger partial charge in [-0.15, -0.1) is 0 Å². The largest absolute Gasteiger partial charge is 0.497 e. The molecule has 0 radical (unpaired) electrons. The van der Waals surface area contributed by atoms with Gasteiger partial charge in [-0.25, -0.2) is 0 Å². The molecule has 3 rings (SSSR count). The van der Waals surface area contributed by atoms with Gasteiger partial charge in [0.25, 0.3) is 5.91 Å². The number of rotatable bonds is 4. The van der Waals surface area contributed by atoms with Gasteiger partial charge in [-0.05, 0) is 55.4 Å². The van der Waals surface area contributed by atoms with E-state index < -0.39 is 0 Å². The van der Waals surface area contributed by atoms with Crippen LogP contribution >= 0.6 is 0 Å². The third-order valence-corrected chi connectivity index (χ3v) is 5.71. The number of hydrogen-bond acceptors (Lipinski definition) is 4. The number of carbonyl (C=O) groups excluding carboxylic acids is 2. The minimum atomic E-state index is 0.0231. The topological polar surface area (TPSA) is 59.1 Å². The third-order valence-electron chi connectivity index (χ3n) is 5.71. The Morgan fingerprint density at radius 1 is 1.00 bits per heavy atom. The molecule has 0 aromatic heterocycles. The second-order valence-electron chi connectivity index (χ2n) is 7.39. The highest BCUT2D eigenvalue weighted by Gasteiger charge is 2.39. The SMILES string of the molecule is COc1ccc(OCC(=O)N2CCC3(CCCN(C(C)=O)C3)CC2)cc1. The van der Waals surface area contributed by atoms with Crippen molar-refractivity contribution in [2.45, 2.75) is 32.6 Å². The Balaban J connectivity index is 1.48. The zero-order valence-corrected chi connectivity index (χ0v) is 15.7. The molecule has 26 heavy (non-hydrogen) atoms. The highest BCUT2D eigenvalue weighted by atomic mass is 16.5. The predicted octanol–water partition coefficient (Wildman–Crippen LogP) is 2.33. The molecule has 0 atom stereocenters. The summed E-state index contributed by atoms with van der Waals surface area (Å²) >= 11 is 0. The number of methoxy groups -OCH3 is 1. The molecule has 142 valence electrons. The molecule has 2 saturated heterocycles. The van der Waals surface area contributed by atoms with E-state index >= 15 is 0 Å². The van der Waals surface area contributed by atoms with Crippen LogP contribution in [0.1, 0.15) is 32.6 Å². The smallest absolute Gasteiger partial charge is 0.260 e. The molecule has 1 spiro atoms. The molecule has 2 aliphatic rings. The minimum Gasteiger partial charge on any atom is -0.497 e. The van der Waals surface area contributed by atoms with Crippen LogP contribution in [-0.2, 0) is 9.59 Å². The molecule has 6 heteroatoms. The Labute approximate surface area is 155 Å². The van der Waals surface area contributed by atoms with E-state index in [4.69, 9.17) is 9.47 Å². The Kier molecular flexibility index (Phi) is 5.69. The zero-order chi connectivity index (χ0) is 18.6. The Morgan fingerprint density at radius 3 is 2.27 bits per heavy atom. The van der Waals surface area contributed by atoms with Gasteiger partial charge in [-0.1, -0.05) is 0 Å². The van der Waals surface area contributed by atoms with Gasteiger partial charge in [-0.3, -0.25) is 9.59 Å². The van der Waals surface area contributed by atoms with Crippen molar-refractivity contribution in [2.75, 3.05) is 39.9 Å². The molecule has 2 aliphatic heterocycles. The lowest BCUT2D eigenvalue weighted by Gasteiger charge is -2.47. The normalized spacial score (nSPS) is 19.3. The van der Waals surface area contributed by atoms with Gasteiger partial charge in [-0.2, -0.15) is 0 Å². The number of hydrogen-bond donors (Lipinski definition) is 0. The fourth-order valence-electron chi connectivity index (χ4n) is 4.02. The molecule has 1 aromatic carbocycles. The monoisotopic (exact) mass is 360 g/mol. The summed E-state index contributed by atoms with van der Waals surface area (Å²) in [6.07, 6.45) is 4.14. The van der Waals surface area contributed by atoms with E-state index in [0.29, 0.717) is 5.75 Å². The van der Waals surface area contributed by atoms with Crippen molar-refractivity contribution in [1.29, 1.82) is 0 Å². The second-order valence-corrected chi connectivity index (χ2v) is 7.39. The zero-order valence-electron chi connectivity index (χ0n) is 15.7. The Bertz CT molecular complexity index is 636. The Morgan fingerprint density at radius 2 is 1.65 bits per heavy atom. The van der Waals surface area contributed by atoms with E-state index in [1.54, 1.807) is 26.2 Å². The molecule has 1 aromatic rings. The lowest BCUT2D eigenvalue weighted by atomic mass is 9.72. The number of carbonyl (C=O) groups is 2. The molecule has 0 saturated carbocycles. The molecule has 2 amide bonds. The third kappa shape index (κ3) is 4.29. The number of piperidine rings is 2. The van der Waals surface area contributed by atoms with Crippen molar-refractivity contribution < 1.29 is 19.1 Å². The summed E-state index contributed by atoms with van der Waals surface area (Å²) < 4.78 is 10.7. The van der Waals surface area contributed by atoms with E-state index in [-0.39, 0.29) is 23.8 Å². The lowest BCUT2D eigenvalue weighted by molar-refractivity contribution is -0.139. The number of ether oxygens (including phenoxy) is 2. The van der Waals surface area contributed by atoms with Crippen LogP contribution in [0, 0.1) is 5.41 Å². The average molecular weight is 360 g/mol. The minimum absolute atomic E-state index is 0.0231. The number of nitrogens with zero attached hydrogens (tertiary/aromatic N) is 2. The van der Waals surface area contributed by atoms with Crippen LogP contribution in [0.4, 0.5) is 0 Å². The van der Waals surface area contributed by atoms with Crippen LogP contribution in [0.15, 0.2) is 24.3 Å². The van der Waals surface area contributed by atoms with E-state index in [1.807, 2.05) is 21.9 Å². The first-order valence-electron chi connectivity index (χ1n) is 9.31. The average Bonchev–Trinajstić information content (AvgIpc) is 2.67. The van der Waals surface area contributed by atoms with Gasteiger partial charge < -0.3 is 19.3 Å². The van der Waals surface area contributed by atoms with E-state index in [2.05, 4.69) is 0 Å². The van der Waals surface area contributed by atoms with Crippen LogP contribution in [0.3, 0.4) is 0 Å². The summed E-state index contributed by atoms with van der Waals surface area (Å²) in [6.45, 7) is 4.91. The van der Waals surface area contributed by atoms with Gasteiger partial charge >= 0.3 is 0 Å². The van der Waals surface area contributed by atoms with Crippen molar-refractivity contribution in [3.63, 3.8) is 0 Å². The maximum absolute atomic E-state index is 12.5. The molecule has 0 bridgehead atoms. The first-order chi connectivity index (χ1) is 12.5. The highest BCUT2D eigenvalue weighted by Crippen LogP contribution is 2.39. The van der Waals surface area contributed by atoms with Crippen molar-refractivity contribution in [2.24, 2.45) is 5.41 Å². The summed E-state index contributed by atoms with van der Waals surface area (Å²) in [4.78, 5) is 28.0. The summed E-state index contributed by atoms with van der Waals surface area (Å²) in [6, 6.07) is 7.23. The van der Waals surface area contributed by atoms with Crippen LogP contribution in [0.2, 0.25) is 0 Å². The van der Waals surface area contributed by atoms with E-state index in [0.717, 1.165) is 57.6 Å². The molecule has 0 aliphatic carbocycles. The second kappa shape index (κ2) is 7.98. The van der Waals surface area contributed by atoms with Crippen LogP contribution < -0.4 is 9.47 Å². The van der Waals surface area contributed by atoms with E-state index in [1.165, 1.54) is 0 Å². The van der Waals surface area contributed by atoms with Crippen molar-refractivity contribution in [3.8, 4) is 11.5 Å². The molecule has 0 N–H and O–H groups in total. The van der Waals surface area contributed by atoms with Crippen molar-refractivity contribution in [1.82, 2.24) is 9.80 Å². The maximum atomic E-state index is 12.5. The molecular formula is C20H28N2O4. The molecular weight excluding hydrogens is 332 g/mol. The summed E-state index contributed by atoms with van der Waals surface area (Å²) in [5.74, 6) is 1.61. The van der Waals surface area contributed by atoms with Crippen molar-refractivity contribution >= 4 is 11.8 Å². The van der Waals surface area contributed by atoms with Gasteiger partial charge in [0, 0.05) is 33.1 Å². The van der Waals surface area contributed by atoms with Gasteiger partial charge in [0.2, 0.25) is 5.91 Å². The fraction of sp³-hybridized carbons (Fsp3) is 0.600. The number of likely N-dealkylation sites (tertiary alicyclic amines) is 2. The summed E-state index contributed by atoms with van der Waals surface area (Å²) in [5.41, 5.74) is 0.192. The molecule has 2 fully saturated rings. The Hall–Kier alpha value is -2.24. The van der Waals surface area contributed by atoms with E-state index in [9.17, 15) is 9.59 Å². The van der Waals surface area contributed by atoms with Crippen LogP contribution in [-0.4, -0.2) is 61.5 Å². The fourth-order valence-corrected chi connectivity index (χ4v) is 4.02. The quantitative estimate of drug-likeness (QED) is 0.827. The molecule has 0 unspecified atom stereocenters. The first kappa shape index (κ1) is 18.5. The van der Waals surface area contributed by atoms with Crippen molar-refractivity contribution in [3.05, 3.63) is 24.3 Å². The number of amides is 2. The first-order valence-corrected chi connectivity index (χ1v) is 9.31. The predicted molar refractivity (Wildman–Crippen MR) is 98.2 cm³/mol. The molecule has 2 heterocycles. The summed E-state index contributed by atoms with van der Waals surface area (Å²) in [5, 5.41) is 0. The van der Waals surface area contributed by atoms with Gasteiger partial charge in [0.15, 0.2) is 6.61 Å². The standard InChI is InChI=1S/C20H28N2O4/c1-16(23)22-11-3-8-20(15-22)9-12-21(13-10-20)19(24)14-26-18-6-4-17(25-2)5-7-18/h4-7H,3,8-15H2,1-2H3. The molecule has 6 nitrogen and oxygen atoms in total. The highest BCUT2D eigenvalue weighted by molar-refractivity contribution is 5.78. The van der Waals surface area contributed by atoms with Gasteiger partial charge in [0.05, 0.1) is 7.11 Å².